The highest BCUT2D eigenvalue weighted by Gasteiger charge is 2.11. The van der Waals surface area contributed by atoms with E-state index in [4.69, 9.17) is 11.5 Å². The van der Waals surface area contributed by atoms with Crippen LogP contribution in [0.1, 0.15) is 6.42 Å². The van der Waals surface area contributed by atoms with Crippen molar-refractivity contribution < 1.29 is 14.4 Å². The number of hydrogen-bond acceptors (Lipinski definition) is 6. The fraction of sp³-hybridized carbons (Fsp3) is 0.588. The van der Waals surface area contributed by atoms with E-state index in [-0.39, 0.29) is 17.7 Å². The van der Waals surface area contributed by atoms with Gasteiger partial charge in [0.05, 0.1) is 0 Å². The number of carbonyl (C=O) groups excluding carboxylic acids is 3. The first kappa shape index (κ1) is 23.8. The summed E-state index contributed by atoms with van der Waals surface area (Å²) in [6, 6.07) is 0. The van der Waals surface area contributed by atoms with Crippen molar-refractivity contribution in [1.29, 1.82) is 0 Å². The molecular weight excluding hydrogens is 336 g/mol. The van der Waals surface area contributed by atoms with Crippen molar-refractivity contribution >= 4 is 17.7 Å². The monoisotopic (exact) mass is 368 g/mol. The summed E-state index contributed by atoms with van der Waals surface area (Å²) in [4.78, 5) is 38.4. The molecule has 26 heavy (non-hydrogen) atoms. The highest BCUT2D eigenvalue weighted by atomic mass is 16.2. The number of nitrogens with zero attached hydrogens (tertiary/aromatic N) is 2. The van der Waals surface area contributed by atoms with Gasteiger partial charge in [0, 0.05) is 65.3 Å². The summed E-state index contributed by atoms with van der Waals surface area (Å²) >= 11 is 0. The molecule has 0 spiro atoms. The van der Waals surface area contributed by atoms with E-state index >= 15 is 0 Å². The number of rotatable bonds is 15. The topological polar surface area (TPSA) is 134 Å². The van der Waals surface area contributed by atoms with Gasteiger partial charge in [-0.05, 0) is 12.2 Å². The molecule has 0 unspecified atom stereocenters. The third kappa shape index (κ3) is 11.3. The second-order valence-electron chi connectivity index (χ2n) is 5.54. The van der Waals surface area contributed by atoms with Crippen molar-refractivity contribution in [2.24, 2.45) is 11.5 Å². The van der Waals surface area contributed by atoms with Gasteiger partial charge in [0.2, 0.25) is 17.7 Å². The predicted molar refractivity (Wildman–Crippen MR) is 102 cm³/mol. The quantitative estimate of drug-likeness (QED) is 0.248. The van der Waals surface area contributed by atoms with Crippen LogP contribution in [-0.4, -0.2) is 86.4 Å². The van der Waals surface area contributed by atoms with E-state index in [0.29, 0.717) is 65.3 Å². The Labute approximate surface area is 155 Å². The summed E-state index contributed by atoms with van der Waals surface area (Å²) in [5.74, 6) is -0.664. The molecule has 0 saturated carbocycles. The van der Waals surface area contributed by atoms with E-state index in [1.165, 1.54) is 17.1 Å². The first-order chi connectivity index (χ1) is 12.5. The Hall–Kier alpha value is -2.23. The fourth-order valence-corrected chi connectivity index (χ4v) is 2.23. The van der Waals surface area contributed by atoms with Gasteiger partial charge in [-0.15, -0.1) is 0 Å². The Bertz CT molecular complexity index is 463. The van der Waals surface area contributed by atoms with Crippen LogP contribution in [-0.2, 0) is 14.4 Å². The molecule has 0 saturated heterocycles. The molecule has 0 radical (unpaired) electrons. The Balaban J connectivity index is 4.20. The second kappa shape index (κ2) is 15.1. The molecule has 0 aliphatic rings. The van der Waals surface area contributed by atoms with Gasteiger partial charge >= 0.3 is 0 Å². The molecular formula is C17H32N6O3. The minimum absolute atomic E-state index is 0.102. The lowest BCUT2D eigenvalue weighted by molar-refractivity contribution is -0.127. The molecule has 0 aromatic rings. The Kier molecular flexibility index (Phi) is 13.8. The number of nitrogens with one attached hydrogen (secondary N) is 2. The van der Waals surface area contributed by atoms with Gasteiger partial charge in [-0.25, -0.2) is 0 Å². The van der Waals surface area contributed by atoms with E-state index in [1.54, 1.807) is 0 Å². The summed E-state index contributed by atoms with van der Waals surface area (Å²) < 4.78 is 0. The van der Waals surface area contributed by atoms with Crippen LogP contribution in [0.15, 0.2) is 25.3 Å². The van der Waals surface area contributed by atoms with Gasteiger partial charge < -0.3 is 31.9 Å². The molecule has 0 heterocycles. The van der Waals surface area contributed by atoms with Crippen molar-refractivity contribution in [3.8, 4) is 0 Å². The largest absolute Gasteiger partial charge is 0.354 e. The average Bonchev–Trinajstić information content (AvgIpc) is 2.64. The SMILES string of the molecule is C=CC(=O)NCCN(CCNC(=O)CCN(CCN)CCN)C(=O)C=C. The van der Waals surface area contributed by atoms with Gasteiger partial charge in [-0.1, -0.05) is 13.2 Å². The number of amides is 3. The van der Waals surface area contributed by atoms with Crippen molar-refractivity contribution in [2.75, 3.05) is 58.9 Å². The standard InChI is InChI=1S/C17H32N6O3/c1-3-15(24)20-8-13-23(17(26)4-2)14-9-21-16(25)5-10-22(11-6-18)12-7-19/h3-4H,1-2,5-14,18-19H2,(H,20,24)(H,21,25). The molecule has 6 N–H and O–H groups in total. The van der Waals surface area contributed by atoms with Crippen LogP contribution in [0.3, 0.4) is 0 Å². The Morgan fingerprint density at radius 3 is 1.92 bits per heavy atom. The van der Waals surface area contributed by atoms with Crippen LogP contribution >= 0.6 is 0 Å². The van der Waals surface area contributed by atoms with E-state index < -0.39 is 0 Å². The summed E-state index contributed by atoms with van der Waals surface area (Å²) in [6.45, 7) is 11.1. The highest BCUT2D eigenvalue weighted by Crippen LogP contribution is 1.92. The number of carbonyl (C=O) groups is 3. The molecule has 0 aromatic heterocycles. The van der Waals surface area contributed by atoms with Gasteiger partial charge in [-0.3, -0.25) is 14.4 Å². The summed E-state index contributed by atoms with van der Waals surface area (Å²) in [6.07, 6.45) is 2.71. The third-order valence-corrected chi connectivity index (χ3v) is 3.60. The average molecular weight is 368 g/mol. The minimum atomic E-state index is -0.302. The van der Waals surface area contributed by atoms with Crippen molar-refractivity contribution in [1.82, 2.24) is 20.4 Å². The zero-order valence-electron chi connectivity index (χ0n) is 15.4. The molecule has 0 aliphatic heterocycles. The molecule has 9 heteroatoms. The summed E-state index contributed by atoms with van der Waals surface area (Å²) in [5.41, 5.74) is 11.1. The molecule has 0 atom stereocenters. The normalized spacial score (nSPS) is 10.3. The molecule has 0 aliphatic carbocycles. The molecule has 0 bridgehead atoms. The summed E-state index contributed by atoms with van der Waals surface area (Å²) in [5, 5.41) is 5.38. The maximum absolute atomic E-state index is 11.9. The molecule has 3 amide bonds. The second-order valence-corrected chi connectivity index (χ2v) is 5.54. The molecule has 9 nitrogen and oxygen atoms in total. The van der Waals surface area contributed by atoms with Gasteiger partial charge in [0.15, 0.2) is 0 Å². The van der Waals surface area contributed by atoms with Crippen LogP contribution in [0.4, 0.5) is 0 Å². The van der Waals surface area contributed by atoms with E-state index in [1.807, 2.05) is 4.90 Å². The third-order valence-electron chi connectivity index (χ3n) is 3.60. The lowest BCUT2D eigenvalue weighted by Gasteiger charge is -2.22. The van der Waals surface area contributed by atoms with Crippen molar-refractivity contribution in [3.63, 3.8) is 0 Å². The van der Waals surface area contributed by atoms with Crippen molar-refractivity contribution in [2.45, 2.75) is 6.42 Å². The van der Waals surface area contributed by atoms with Gasteiger partial charge in [-0.2, -0.15) is 0 Å². The molecule has 0 fully saturated rings. The van der Waals surface area contributed by atoms with Crippen LogP contribution in [0.25, 0.3) is 0 Å². The maximum atomic E-state index is 11.9. The lowest BCUT2D eigenvalue weighted by Crippen LogP contribution is -2.42. The molecule has 148 valence electrons. The first-order valence-corrected chi connectivity index (χ1v) is 8.69. The lowest BCUT2D eigenvalue weighted by atomic mass is 10.3. The van der Waals surface area contributed by atoms with Crippen LogP contribution < -0.4 is 22.1 Å². The highest BCUT2D eigenvalue weighted by molar-refractivity contribution is 5.88. The molecule has 0 rings (SSSR count). The van der Waals surface area contributed by atoms with E-state index in [0.717, 1.165) is 0 Å². The number of hydrogen-bond donors (Lipinski definition) is 4. The first-order valence-electron chi connectivity index (χ1n) is 8.69. The number of nitrogens with two attached hydrogens (primary N) is 2. The fourth-order valence-electron chi connectivity index (χ4n) is 2.23. The minimum Gasteiger partial charge on any atom is -0.354 e. The smallest absolute Gasteiger partial charge is 0.246 e. The van der Waals surface area contributed by atoms with Crippen LogP contribution in [0.5, 0.6) is 0 Å². The van der Waals surface area contributed by atoms with E-state index in [9.17, 15) is 14.4 Å². The van der Waals surface area contributed by atoms with Gasteiger partial charge in [0.1, 0.15) is 0 Å². The Morgan fingerprint density at radius 1 is 0.846 bits per heavy atom. The predicted octanol–water partition coefficient (Wildman–Crippen LogP) is -1.97. The summed E-state index contributed by atoms with van der Waals surface area (Å²) in [7, 11) is 0. The van der Waals surface area contributed by atoms with Crippen LogP contribution in [0, 0.1) is 0 Å². The zero-order chi connectivity index (χ0) is 19.8. The van der Waals surface area contributed by atoms with E-state index in [2.05, 4.69) is 23.8 Å². The zero-order valence-corrected chi connectivity index (χ0v) is 15.4. The van der Waals surface area contributed by atoms with Gasteiger partial charge in [0.25, 0.3) is 0 Å². The maximum Gasteiger partial charge on any atom is 0.246 e. The van der Waals surface area contributed by atoms with Crippen LogP contribution in [0.2, 0.25) is 0 Å². The van der Waals surface area contributed by atoms with Crippen molar-refractivity contribution in [3.05, 3.63) is 25.3 Å². The molecule has 0 aromatic carbocycles. The Morgan fingerprint density at radius 2 is 1.42 bits per heavy atom.